The minimum Gasteiger partial charge on any atom is -0.299 e. The van der Waals surface area contributed by atoms with Gasteiger partial charge in [0.1, 0.15) is 12.7 Å². The van der Waals surface area contributed by atoms with E-state index in [0.29, 0.717) is 0 Å². The van der Waals surface area contributed by atoms with Crippen LogP contribution < -0.4 is 0 Å². The minimum absolute atomic E-state index is 0.909. The number of rotatable bonds is 5. The molecule has 0 N–H and O–H groups in total. The minimum atomic E-state index is 0.909. The van der Waals surface area contributed by atoms with Crippen molar-refractivity contribution in [3.05, 3.63) is 48.8 Å². The summed E-state index contributed by atoms with van der Waals surface area (Å²) in [6.07, 6.45) is 5.23. The van der Waals surface area contributed by atoms with Crippen LogP contribution in [0.15, 0.2) is 43.1 Å². The number of hydrogen-bond acceptors (Lipinski definition) is 5. The summed E-state index contributed by atoms with van der Waals surface area (Å²) in [7, 11) is 0. The van der Waals surface area contributed by atoms with Crippen LogP contribution in [-0.2, 0) is 13.1 Å². The molecular formula is C16H21N7. The molecule has 4 rings (SSSR count). The van der Waals surface area contributed by atoms with Crippen LogP contribution in [-0.4, -0.2) is 66.9 Å². The smallest absolute Gasteiger partial charge is 0.137 e. The van der Waals surface area contributed by atoms with Gasteiger partial charge in [0, 0.05) is 45.5 Å². The molecule has 0 unspecified atom stereocenters. The van der Waals surface area contributed by atoms with Gasteiger partial charge in [-0.25, -0.2) is 9.50 Å². The van der Waals surface area contributed by atoms with E-state index < -0.39 is 0 Å². The zero-order valence-electron chi connectivity index (χ0n) is 13.1. The molecule has 1 saturated heterocycles. The van der Waals surface area contributed by atoms with Gasteiger partial charge >= 0.3 is 0 Å². The Kier molecular flexibility index (Phi) is 4.04. The predicted octanol–water partition coefficient (Wildman–Crippen LogP) is 0.744. The molecule has 1 fully saturated rings. The van der Waals surface area contributed by atoms with Gasteiger partial charge < -0.3 is 0 Å². The van der Waals surface area contributed by atoms with Crippen LogP contribution in [0.25, 0.3) is 5.52 Å². The van der Waals surface area contributed by atoms with Crippen LogP contribution in [0.4, 0.5) is 0 Å². The number of nitrogens with zero attached hydrogens (tertiary/aromatic N) is 7. The Labute approximate surface area is 135 Å². The highest BCUT2D eigenvalue weighted by molar-refractivity contribution is 5.46. The summed E-state index contributed by atoms with van der Waals surface area (Å²) in [6, 6.07) is 8.42. The zero-order chi connectivity index (χ0) is 15.5. The molecule has 7 nitrogen and oxygen atoms in total. The molecule has 3 aromatic heterocycles. The van der Waals surface area contributed by atoms with Crippen molar-refractivity contribution in [1.82, 2.24) is 34.2 Å². The Balaban J connectivity index is 1.30. The molecule has 0 spiro atoms. The highest BCUT2D eigenvalue weighted by Crippen LogP contribution is 2.11. The van der Waals surface area contributed by atoms with Crippen molar-refractivity contribution in [2.24, 2.45) is 0 Å². The van der Waals surface area contributed by atoms with Crippen molar-refractivity contribution in [1.29, 1.82) is 0 Å². The second-order valence-electron chi connectivity index (χ2n) is 5.96. The lowest BCUT2D eigenvalue weighted by Crippen LogP contribution is -2.46. The first kappa shape index (κ1) is 14.3. The largest absolute Gasteiger partial charge is 0.299 e. The third-order valence-corrected chi connectivity index (χ3v) is 4.46. The van der Waals surface area contributed by atoms with Crippen molar-refractivity contribution in [3.63, 3.8) is 0 Å². The standard InChI is InChI=1S/C16H21N7/c1-2-15-4-5-18-23(15)16(3-1)12-21-8-6-20(7-9-21)10-11-22-14-17-13-19-22/h1-5,13-14H,6-12H2. The van der Waals surface area contributed by atoms with Crippen LogP contribution >= 0.6 is 0 Å². The van der Waals surface area contributed by atoms with Crippen molar-refractivity contribution >= 4 is 5.52 Å². The maximum absolute atomic E-state index is 4.42. The first-order chi connectivity index (χ1) is 11.4. The number of fused-ring (bicyclic) bond motifs is 1. The molecule has 0 radical (unpaired) electrons. The first-order valence-electron chi connectivity index (χ1n) is 8.07. The molecule has 1 aliphatic heterocycles. The van der Waals surface area contributed by atoms with Crippen molar-refractivity contribution in [3.8, 4) is 0 Å². The lowest BCUT2D eigenvalue weighted by molar-refractivity contribution is 0.121. The van der Waals surface area contributed by atoms with Gasteiger partial charge in [0.05, 0.1) is 17.8 Å². The fraction of sp³-hybridized carbons (Fsp3) is 0.438. The van der Waals surface area contributed by atoms with E-state index in [1.807, 2.05) is 21.5 Å². The van der Waals surface area contributed by atoms with Crippen LogP contribution in [0, 0.1) is 0 Å². The average Bonchev–Trinajstić information content (AvgIpc) is 3.26. The van der Waals surface area contributed by atoms with Gasteiger partial charge in [-0.1, -0.05) is 6.07 Å². The average molecular weight is 311 g/mol. The van der Waals surface area contributed by atoms with Crippen LogP contribution in [0.3, 0.4) is 0 Å². The normalized spacial score (nSPS) is 17.0. The van der Waals surface area contributed by atoms with Gasteiger partial charge in [0.15, 0.2) is 0 Å². The Bertz CT molecular complexity index is 741. The molecule has 0 atom stereocenters. The van der Waals surface area contributed by atoms with E-state index in [9.17, 15) is 0 Å². The number of piperazine rings is 1. The fourth-order valence-corrected chi connectivity index (χ4v) is 3.12. The van der Waals surface area contributed by atoms with E-state index in [0.717, 1.165) is 51.3 Å². The number of hydrogen-bond donors (Lipinski definition) is 0. The molecule has 0 bridgehead atoms. The third kappa shape index (κ3) is 3.25. The molecule has 7 heteroatoms. The van der Waals surface area contributed by atoms with E-state index in [1.165, 1.54) is 5.69 Å². The summed E-state index contributed by atoms with van der Waals surface area (Å²) in [5, 5.41) is 8.58. The Morgan fingerprint density at radius 3 is 2.61 bits per heavy atom. The van der Waals surface area contributed by atoms with E-state index in [-0.39, 0.29) is 0 Å². The van der Waals surface area contributed by atoms with Gasteiger partial charge in [0.25, 0.3) is 0 Å². The molecule has 0 aliphatic carbocycles. The van der Waals surface area contributed by atoms with E-state index in [1.54, 1.807) is 12.7 Å². The highest BCUT2D eigenvalue weighted by atomic mass is 15.3. The molecule has 0 aromatic carbocycles. The Morgan fingerprint density at radius 2 is 1.78 bits per heavy atom. The van der Waals surface area contributed by atoms with Crippen LogP contribution in [0.1, 0.15) is 5.69 Å². The Hall–Kier alpha value is -2.25. The SMILES string of the molecule is c1cc(CN2CCN(CCn3cncn3)CC2)n2nccc2c1. The topological polar surface area (TPSA) is 54.5 Å². The highest BCUT2D eigenvalue weighted by Gasteiger charge is 2.17. The number of pyridine rings is 1. The molecule has 4 heterocycles. The van der Waals surface area contributed by atoms with Crippen molar-refractivity contribution in [2.75, 3.05) is 32.7 Å². The maximum atomic E-state index is 4.42. The number of aromatic nitrogens is 5. The monoisotopic (exact) mass is 311 g/mol. The Morgan fingerprint density at radius 1 is 0.913 bits per heavy atom. The lowest BCUT2D eigenvalue weighted by atomic mass is 10.2. The fourth-order valence-electron chi connectivity index (χ4n) is 3.12. The van der Waals surface area contributed by atoms with Crippen molar-refractivity contribution < 1.29 is 0 Å². The summed E-state index contributed by atoms with van der Waals surface area (Å²) >= 11 is 0. The zero-order valence-corrected chi connectivity index (χ0v) is 13.1. The summed E-state index contributed by atoms with van der Waals surface area (Å²) < 4.78 is 3.93. The summed E-state index contributed by atoms with van der Waals surface area (Å²) in [6.45, 7) is 7.28. The lowest BCUT2D eigenvalue weighted by Gasteiger charge is -2.34. The van der Waals surface area contributed by atoms with Crippen LogP contribution in [0.2, 0.25) is 0 Å². The molecule has 120 valence electrons. The van der Waals surface area contributed by atoms with E-state index >= 15 is 0 Å². The molecule has 23 heavy (non-hydrogen) atoms. The van der Waals surface area contributed by atoms with Gasteiger partial charge in [0.2, 0.25) is 0 Å². The maximum Gasteiger partial charge on any atom is 0.137 e. The van der Waals surface area contributed by atoms with E-state index in [4.69, 9.17) is 0 Å². The van der Waals surface area contributed by atoms with Gasteiger partial charge in [-0.2, -0.15) is 10.2 Å². The van der Waals surface area contributed by atoms with Crippen molar-refractivity contribution in [2.45, 2.75) is 13.1 Å². The second kappa shape index (κ2) is 6.47. The van der Waals surface area contributed by atoms with Gasteiger partial charge in [-0.15, -0.1) is 0 Å². The quantitative estimate of drug-likeness (QED) is 0.696. The van der Waals surface area contributed by atoms with Gasteiger partial charge in [-0.3, -0.25) is 14.5 Å². The molecule has 3 aromatic rings. The van der Waals surface area contributed by atoms with E-state index in [2.05, 4.69) is 43.2 Å². The molecular weight excluding hydrogens is 290 g/mol. The van der Waals surface area contributed by atoms with Gasteiger partial charge in [-0.05, 0) is 18.2 Å². The second-order valence-corrected chi connectivity index (χ2v) is 5.96. The molecule has 0 saturated carbocycles. The molecule has 1 aliphatic rings. The van der Waals surface area contributed by atoms with Crippen LogP contribution in [0.5, 0.6) is 0 Å². The first-order valence-corrected chi connectivity index (χ1v) is 8.07. The summed E-state index contributed by atoms with van der Waals surface area (Å²) in [5.74, 6) is 0. The predicted molar refractivity (Wildman–Crippen MR) is 86.9 cm³/mol. The molecule has 0 amide bonds. The third-order valence-electron chi connectivity index (χ3n) is 4.46. The summed E-state index contributed by atoms with van der Waals surface area (Å²) in [5.41, 5.74) is 2.41. The summed E-state index contributed by atoms with van der Waals surface area (Å²) in [4.78, 5) is 8.98.